The Morgan fingerprint density at radius 1 is 0.860 bits per heavy atom. The van der Waals surface area contributed by atoms with Crippen molar-refractivity contribution in [3.05, 3.63) is 77.9 Å². The Hall–Kier alpha value is -3.50. The zero-order valence-corrected chi connectivity index (χ0v) is 27.9. The van der Waals surface area contributed by atoms with Crippen LogP contribution in [-0.4, -0.2) is 63.3 Å². The SMILES string of the molecule is CN[C@H](C(=O)NC(C(=O)N(C)[C@H](/C=C(\C)C(=O)NS(=O)(=O)c1ccccc1)C(C)C)C(C)(C)C)C(C)(C)c1ccccc1. The second-order valence-electron chi connectivity index (χ2n) is 12.9. The topological polar surface area (TPSA) is 125 Å². The van der Waals surface area contributed by atoms with Crippen LogP contribution >= 0.6 is 0 Å². The molecule has 0 spiro atoms. The predicted molar refractivity (Wildman–Crippen MR) is 171 cm³/mol. The Labute approximate surface area is 257 Å². The van der Waals surface area contributed by atoms with Gasteiger partial charge in [-0.2, -0.15) is 0 Å². The van der Waals surface area contributed by atoms with Crippen molar-refractivity contribution in [3.8, 4) is 0 Å². The molecule has 2 aromatic carbocycles. The number of carbonyl (C=O) groups is 3. The van der Waals surface area contributed by atoms with E-state index in [9.17, 15) is 22.8 Å². The molecule has 9 nitrogen and oxygen atoms in total. The van der Waals surface area contributed by atoms with Crippen LogP contribution in [-0.2, 0) is 29.8 Å². The van der Waals surface area contributed by atoms with Gasteiger partial charge in [0.15, 0.2) is 0 Å². The average Bonchev–Trinajstić information content (AvgIpc) is 2.93. The third-order valence-corrected chi connectivity index (χ3v) is 9.07. The van der Waals surface area contributed by atoms with Crippen molar-refractivity contribution >= 4 is 27.7 Å². The van der Waals surface area contributed by atoms with E-state index in [1.165, 1.54) is 24.0 Å². The molecule has 0 aliphatic carbocycles. The van der Waals surface area contributed by atoms with Gasteiger partial charge in [0.25, 0.3) is 15.9 Å². The molecule has 2 aromatic rings. The number of nitrogens with one attached hydrogen (secondary N) is 3. The Balaban J connectivity index is 2.33. The molecule has 43 heavy (non-hydrogen) atoms. The molecule has 10 heteroatoms. The van der Waals surface area contributed by atoms with E-state index in [-0.39, 0.29) is 28.2 Å². The Morgan fingerprint density at radius 2 is 1.37 bits per heavy atom. The zero-order valence-electron chi connectivity index (χ0n) is 27.1. The van der Waals surface area contributed by atoms with Crippen molar-refractivity contribution in [1.29, 1.82) is 0 Å². The molecule has 0 saturated heterocycles. The normalized spacial score (nSPS) is 14.9. The molecule has 0 heterocycles. The van der Waals surface area contributed by atoms with Gasteiger partial charge in [-0.05, 0) is 43.0 Å². The lowest BCUT2D eigenvalue weighted by molar-refractivity contribution is -0.140. The van der Waals surface area contributed by atoms with Crippen LogP contribution in [0.4, 0.5) is 0 Å². The van der Waals surface area contributed by atoms with Crippen LogP contribution in [0.2, 0.25) is 0 Å². The van der Waals surface area contributed by atoms with Gasteiger partial charge in [0, 0.05) is 18.0 Å². The fourth-order valence-electron chi connectivity index (χ4n) is 5.02. The second-order valence-corrected chi connectivity index (χ2v) is 14.6. The van der Waals surface area contributed by atoms with Gasteiger partial charge in [-0.25, -0.2) is 13.1 Å². The van der Waals surface area contributed by atoms with E-state index in [4.69, 9.17) is 0 Å². The van der Waals surface area contributed by atoms with Crippen LogP contribution in [0.25, 0.3) is 0 Å². The van der Waals surface area contributed by atoms with Gasteiger partial charge in [-0.15, -0.1) is 0 Å². The molecule has 3 N–H and O–H groups in total. The molecule has 236 valence electrons. The van der Waals surface area contributed by atoms with E-state index in [0.717, 1.165) is 5.56 Å². The summed E-state index contributed by atoms with van der Waals surface area (Å²) >= 11 is 0. The number of carbonyl (C=O) groups excluding carboxylic acids is 3. The molecular weight excluding hydrogens is 564 g/mol. The number of hydrogen-bond acceptors (Lipinski definition) is 6. The monoisotopic (exact) mass is 612 g/mol. The molecule has 0 aliphatic rings. The molecule has 1 unspecified atom stereocenters. The number of benzene rings is 2. The first-order chi connectivity index (χ1) is 19.8. The maximum atomic E-state index is 14.0. The summed E-state index contributed by atoms with van der Waals surface area (Å²) in [6.07, 6.45) is 1.59. The van der Waals surface area contributed by atoms with Gasteiger partial charge in [0.05, 0.1) is 17.0 Å². The molecular formula is C33H48N4O5S. The van der Waals surface area contributed by atoms with Gasteiger partial charge >= 0.3 is 0 Å². The standard InChI is InChI=1S/C33H48N4O5S/c1-22(2)26(21-23(3)29(38)36-43(41,42)25-19-15-12-16-20-25)37(10)31(40)28(32(4,5)6)35-30(39)27(34-9)33(7,8)24-17-13-11-14-18-24/h11-22,26-28,34H,1-10H3,(H,35,39)(H,36,38)/b23-21+/t26-,27-,28?/m1/s1. The Kier molecular flexibility index (Phi) is 11.9. The molecule has 0 fully saturated rings. The Morgan fingerprint density at radius 3 is 1.84 bits per heavy atom. The number of hydrogen-bond donors (Lipinski definition) is 3. The average molecular weight is 613 g/mol. The fourth-order valence-corrected chi connectivity index (χ4v) is 6.06. The maximum absolute atomic E-state index is 14.0. The van der Waals surface area contributed by atoms with Crippen LogP contribution in [0.15, 0.2) is 77.2 Å². The van der Waals surface area contributed by atoms with E-state index < -0.39 is 44.9 Å². The summed E-state index contributed by atoms with van der Waals surface area (Å²) in [4.78, 5) is 42.2. The highest BCUT2D eigenvalue weighted by Crippen LogP contribution is 2.29. The van der Waals surface area contributed by atoms with Gasteiger partial charge < -0.3 is 15.5 Å². The lowest BCUT2D eigenvalue weighted by Gasteiger charge is -2.40. The first-order valence-corrected chi connectivity index (χ1v) is 15.9. The summed E-state index contributed by atoms with van der Waals surface area (Å²) in [6, 6.07) is 15.3. The van der Waals surface area contributed by atoms with Crippen molar-refractivity contribution in [2.45, 2.75) is 83.8 Å². The summed E-state index contributed by atoms with van der Waals surface area (Å²) in [7, 11) is -0.709. The molecule has 0 saturated carbocycles. The molecule has 0 radical (unpaired) electrons. The van der Waals surface area contributed by atoms with E-state index in [2.05, 4.69) is 15.4 Å². The van der Waals surface area contributed by atoms with E-state index in [1.54, 1.807) is 38.4 Å². The first-order valence-electron chi connectivity index (χ1n) is 14.4. The highest BCUT2D eigenvalue weighted by Gasteiger charge is 2.41. The number of sulfonamides is 1. The lowest BCUT2D eigenvalue weighted by Crippen LogP contribution is -2.61. The summed E-state index contributed by atoms with van der Waals surface area (Å²) in [5.41, 5.74) is -0.0922. The minimum atomic E-state index is -4.06. The first kappa shape index (κ1) is 35.7. The van der Waals surface area contributed by atoms with E-state index in [1.807, 2.05) is 78.8 Å². The van der Waals surface area contributed by atoms with Crippen molar-refractivity contribution in [2.24, 2.45) is 11.3 Å². The van der Waals surface area contributed by atoms with Crippen molar-refractivity contribution < 1.29 is 22.8 Å². The summed E-state index contributed by atoms with van der Waals surface area (Å²) < 4.78 is 27.5. The van der Waals surface area contributed by atoms with Gasteiger partial charge in [-0.1, -0.05) is 103 Å². The smallest absolute Gasteiger partial charge is 0.264 e. The number of nitrogens with zero attached hydrogens (tertiary/aromatic N) is 1. The number of likely N-dealkylation sites (N-methyl/N-ethyl adjacent to an activating group) is 2. The molecule has 0 bridgehead atoms. The highest BCUT2D eigenvalue weighted by molar-refractivity contribution is 7.90. The largest absolute Gasteiger partial charge is 0.342 e. The van der Waals surface area contributed by atoms with Crippen molar-refractivity contribution in [2.75, 3.05) is 14.1 Å². The number of amides is 3. The zero-order chi connectivity index (χ0) is 32.8. The minimum absolute atomic E-state index is 0.0251. The van der Waals surface area contributed by atoms with E-state index >= 15 is 0 Å². The third kappa shape index (κ3) is 9.00. The lowest BCUT2D eigenvalue weighted by atomic mass is 9.76. The summed E-state index contributed by atoms with van der Waals surface area (Å²) in [5, 5.41) is 6.15. The van der Waals surface area contributed by atoms with Crippen LogP contribution in [0.5, 0.6) is 0 Å². The van der Waals surface area contributed by atoms with Gasteiger partial charge in [0.1, 0.15) is 6.04 Å². The van der Waals surface area contributed by atoms with Gasteiger partial charge in [0.2, 0.25) is 11.8 Å². The van der Waals surface area contributed by atoms with Crippen molar-refractivity contribution in [3.63, 3.8) is 0 Å². The third-order valence-electron chi connectivity index (χ3n) is 7.73. The van der Waals surface area contributed by atoms with Crippen molar-refractivity contribution in [1.82, 2.24) is 20.3 Å². The Bertz CT molecular complexity index is 1400. The molecule has 0 aromatic heterocycles. The summed E-state index contributed by atoms with van der Waals surface area (Å²) in [6.45, 7) is 14.9. The van der Waals surface area contributed by atoms with Crippen LogP contribution in [0.1, 0.15) is 61.0 Å². The van der Waals surface area contributed by atoms with Crippen LogP contribution < -0.4 is 15.4 Å². The molecule has 3 atom stereocenters. The quantitative estimate of drug-likeness (QED) is 0.311. The van der Waals surface area contributed by atoms with Crippen LogP contribution in [0, 0.1) is 11.3 Å². The predicted octanol–water partition coefficient (Wildman–Crippen LogP) is 4.02. The van der Waals surface area contributed by atoms with Crippen LogP contribution in [0.3, 0.4) is 0 Å². The van der Waals surface area contributed by atoms with Gasteiger partial charge in [-0.3, -0.25) is 14.4 Å². The maximum Gasteiger partial charge on any atom is 0.264 e. The number of rotatable bonds is 12. The minimum Gasteiger partial charge on any atom is -0.342 e. The molecule has 2 rings (SSSR count). The molecule has 0 aliphatic heterocycles. The summed E-state index contributed by atoms with van der Waals surface area (Å²) in [5.74, 6) is -1.54. The highest BCUT2D eigenvalue weighted by atomic mass is 32.2. The second kappa shape index (κ2) is 14.3. The molecule has 3 amide bonds. The fraction of sp³-hybridized carbons (Fsp3) is 0.485. The van der Waals surface area contributed by atoms with E-state index in [0.29, 0.717) is 0 Å².